The van der Waals surface area contributed by atoms with Crippen LogP contribution in [0.3, 0.4) is 0 Å². The topological polar surface area (TPSA) is 71.3 Å². The monoisotopic (exact) mass is 266 g/mol. The van der Waals surface area contributed by atoms with E-state index in [-0.39, 0.29) is 11.9 Å². The van der Waals surface area contributed by atoms with Crippen LogP contribution in [0.25, 0.3) is 0 Å². The van der Waals surface area contributed by atoms with Crippen LogP contribution < -0.4 is 5.32 Å². The normalized spacial score (nSPS) is 12.4. The molecule has 1 heterocycles. The van der Waals surface area contributed by atoms with E-state index < -0.39 is 12.0 Å². The summed E-state index contributed by atoms with van der Waals surface area (Å²) in [5.41, 5.74) is 0.498. The van der Waals surface area contributed by atoms with E-state index in [1.165, 1.54) is 0 Å². The lowest BCUT2D eigenvalue weighted by atomic mass is 10.1. The molecule has 0 aliphatic heterocycles. The summed E-state index contributed by atoms with van der Waals surface area (Å²) in [6.07, 6.45) is 3.96. The van der Waals surface area contributed by atoms with E-state index in [4.69, 9.17) is 5.11 Å². The Balaban J connectivity index is 2.76. The Kier molecular flexibility index (Phi) is 5.60. The SMILES string of the molecule is CCCCC(NC(=O)c1cccn1C(C)C)C(=O)O. The highest BCUT2D eigenvalue weighted by molar-refractivity contribution is 5.95. The maximum Gasteiger partial charge on any atom is 0.326 e. The van der Waals surface area contributed by atoms with Crippen LogP contribution in [-0.4, -0.2) is 27.6 Å². The molecule has 2 N–H and O–H groups in total. The number of nitrogens with one attached hydrogen (secondary N) is 1. The Hall–Kier alpha value is -1.78. The molecule has 0 radical (unpaired) electrons. The quantitative estimate of drug-likeness (QED) is 0.796. The zero-order valence-electron chi connectivity index (χ0n) is 11.7. The Morgan fingerprint density at radius 2 is 2.11 bits per heavy atom. The molecule has 0 fully saturated rings. The lowest BCUT2D eigenvalue weighted by Crippen LogP contribution is -2.41. The van der Waals surface area contributed by atoms with Gasteiger partial charge in [0.15, 0.2) is 0 Å². The summed E-state index contributed by atoms with van der Waals surface area (Å²) < 4.78 is 1.83. The fraction of sp³-hybridized carbons (Fsp3) is 0.571. The lowest BCUT2D eigenvalue weighted by molar-refractivity contribution is -0.139. The minimum atomic E-state index is -0.982. The van der Waals surface area contributed by atoms with Crippen molar-refractivity contribution in [1.82, 2.24) is 9.88 Å². The van der Waals surface area contributed by atoms with Gasteiger partial charge in [0.25, 0.3) is 5.91 Å². The summed E-state index contributed by atoms with van der Waals surface area (Å²) in [6, 6.07) is 2.84. The van der Waals surface area contributed by atoms with Crippen molar-refractivity contribution in [3.63, 3.8) is 0 Å². The molecule has 0 aliphatic rings. The van der Waals surface area contributed by atoms with E-state index in [2.05, 4.69) is 5.32 Å². The van der Waals surface area contributed by atoms with Crippen molar-refractivity contribution >= 4 is 11.9 Å². The second-order valence-corrected chi connectivity index (χ2v) is 4.90. The molecule has 0 saturated heterocycles. The third kappa shape index (κ3) is 4.12. The van der Waals surface area contributed by atoms with Crippen LogP contribution in [0.5, 0.6) is 0 Å². The largest absolute Gasteiger partial charge is 0.480 e. The van der Waals surface area contributed by atoms with Gasteiger partial charge >= 0.3 is 5.97 Å². The molecule has 5 nitrogen and oxygen atoms in total. The smallest absolute Gasteiger partial charge is 0.326 e. The number of unbranched alkanes of at least 4 members (excludes halogenated alkanes) is 1. The molecule has 1 rings (SSSR count). The first-order valence-electron chi connectivity index (χ1n) is 6.67. The Morgan fingerprint density at radius 3 is 2.63 bits per heavy atom. The molecule has 1 atom stereocenters. The van der Waals surface area contributed by atoms with Crippen molar-refractivity contribution in [3.05, 3.63) is 24.0 Å². The summed E-state index contributed by atoms with van der Waals surface area (Å²) in [7, 11) is 0. The predicted octanol–water partition coefficient (Wildman–Crippen LogP) is 2.44. The number of hydrogen-bond donors (Lipinski definition) is 2. The van der Waals surface area contributed by atoms with Crippen LogP contribution in [-0.2, 0) is 4.79 Å². The van der Waals surface area contributed by atoms with Gasteiger partial charge in [0.1, 0.15) is 11.7 Å². The van der Waals surface area contributed by atoms with E-state index in [9.17, 15) is 9.59 Å². The standard InChI is InChI=1S/C14H22N2O3/c1-4-5-7-11(14(18)19)15-13(17)12-8-6-9-16(12)10(2)3/h6,8-11H,4-5,7H2,1-3H3,(H,15,17)(H,18,19). The summed E-state index contributed by atoms with van der Waals surface area (Å²) in [5.74, 6) is -1.31. The molecule has 1 aromatic heterocycles. The Labute approximate surface area is 113 Å². The van der Waals surface area contributed by atoms with Gasteiger partial charge in [-0.25, -0.2) is 4.79 Å². The molecule has 106 valence electrons. The zero-order valence-corrected chi connectivity index (χ0v) is 11.7. The molecule has 1 amide bonds. The van der Waals surface area contributed by atoms with Crippen LogP contribution in [0.4, 0.5) is 0 Å². The highest BCUT2D eigenvalue weighted by atomic mass is 16.4. The molecule has 0 spiro atoms. The molecule has 0 bridgehead atoms. The first kappa shape index (κ1) is 15.3. The molecule has 5 heteroatoms. The number of aliphatic carboxylic acids is 1. The molecule has 19 heavy (non-hydrogen) atoms. The molecule has 1 unspecified atom stereocenters. The number of carbonyl (C=O) groups excluding carboxylic acids is 1. The molecule has 0 aromatic carbocycles. The molecule has 0 aliphatic carbocycles. The van der Waals surface area contributed by atoms with Crippen molar-refractivity contribution in [2.45, 2.75) is 52.1 Å². The van der Waals surface area contributed by atoms with Crippen molar-refractivity contribution in [3.8, 4) is 0 Å². The number of hydrogen-bond acceptors (Lipinski definition) is 2. The van der Waals surface area contributed by atoms with Gasteiger partial charge in [0, 0.05) is 12.2 Å². The third-order valence-electron chi connectivity index (χ3n) is 3.02. The fourth-order valence-electron chi connectivity index (χ4n) is 1.93. The minimum Gasteiger partial charge on any atom is -0.480 e. The highest BCUT2D eigenvalue weighted by Gasteiger charge is 2.21. The van der Waals surface area contributed by atoms with E-state index in [1.54, 1.807) is 12.1 Å². The second-order valence-electron chi connectivity index (χ2n) is 4.90. The van der Waals surface area contributed by atoms with E-state index in [0.29, 0.717) is 12.1 Å². The van der Waals surface area contributed by atoms with Crippen molar-refractivity contribution in [1.29, 1.82) is 0 Å². The number of rotatable bonds is 7. The van der Waals surface area contributed by atoms with E-state index >= 15 is 0 Å². The van der Waals surface area contributed by atoms with Gasteiger partial charge in [-0.05, 0) is 32.4 Å². The van der Waals surface area contributed by atoms with Gasteiger partial charge in [-0.3, -0.25) is 4.79 Å². The van der Waals surface area contributed by atoms with E-state index in [0.717, 1.165) is 12.8 Å². The molecular formula is C14H22N2O3. The number of carboxylic acids is 1. The van der Waals surface area contributed by atoms with Crippen LogP contribution in [0, 0.1) is 0 Å². The number of aromatic nitrogens is 1. The average Bonchev–Trinajstić information content (AvgIpc) is 2.83. The maximum absolute atomic E-state index is 12.1. The minimum absolute atomic E-state index is 0.162. The number of nitrogens with zero attached hydrogens (tertiary/aromatic N) is 1. The summed E-state index contributed by atoms with van der Waals surface area (Å²) in [5, 5.41) is 11.7. The lowest BCUT2D eigenvalue weighted by Gasteiger charge is -2.16. The number of amides is 1. The first-order valence-corrected chi connectivity index (χ1v) is 6.67. The number of carboxylic acid groups (broad SMARTS) is 1. The zero-order chi connectivity index (χ0) is 14.4. The average molecular weight is 266 g/mol. The molecule has 0 saturated carbocycles. The first-order chi connectivity index (χ1) is 8.97. The predicted molar refractivity (Wildman–Crippen MR) is 73.2 cm³/mol. The van der Waals surface area contributed by atoms with Crippen LogP contribution in [0.15, 0.2) is 18.3 Å². The van der Waals surface area contributed by atoms with Crippen LogP contribution in [0.2, 0.25) is 0 Å². The maximum atomic E-state index is 12.1. The van der Waals surface area contributed by atoms with Gasteiger partial charge in [0.05, 0.1) is 0 Å². The van der Waals surface area contributed by atoms with Crippen molar-refractivity contribution in [2.75, 3.05) is 0 Å². The van der Waals surface area contributed by atoms with Gasteiger partial charge < -0.3 is 15.0 Å². The summed E-state index contributed by atoms with van der Waals surface area (Å²) in [4.78, 5) is 23.2. The summed E-state index contributed by atoms with van der Waals surface area (Å²) >= 11 is 0. The van der Waals surface area contributed by atoms with Gasteiger partial charge in [-0.2, -0.15) is 0 Å². The van der Waals surface area contributed by atoms with Crippen molar-refractivity contribution in [2.24, 2.45) is 0 Å². The van der Waals surface area contributed by atoms with Gasteiger partial charge in [0.2, 0.25) is 0 Å². The van der Waals surface area contributed by atoms with Crippen LogP contribution >= 0.6 is 0 Å². The molecular weight excluding hydrogens is 244 g/mol. The second kappa shape index (κ2) is 6.97. The van der Waals surface area contributed by atoms with Crippen molar-refractivity contribution < 1.29 is 14.7 Å². The fourth-order valence-corrected chi connectivity index (χ4v) is 1.93. The van der Waals surface area contributed by atoms with E-state index in [1.807, 2.05) is 31.5 Å². The summed E-state index contributed by atoms with van der Waals surface area (Å²) in [6.45, 7) is 5.94. The van der Waals surface area contributed by atoms with Gasteiger partial charge in [-0.15, -0.1) is 0 Å². The Bertz CT molecular complexity index is 438. The third-order valence-corrected chi connectivity index (χ3v) is 3.02. The Morgan fingerprint density at radius 1 is 1.42 bits per heavy atom. The van der Waals surface area contributed by atoms with Gasteiger partial charge in [-0.1, -0.05) is 19.8 Å². The van der Waals surface area contributed by atoms with Crippen LogP contribution in [0.1, 0.15) is 56.6 Å². The number of carbonyl (C=O) groups is 2. The highest BCUT2D eigenvalue weighted by Crippen LogP contribution is 2.11. The molecule has 1 aromatic rings.